The average Bonchev–Trinajstić information content (AvgIpc) is 2.92. The summed E-state index contributed by atoms with van der Waals surface area (Å²) in [5.74, 6) is 0.174. The molecule has 2 aromatic rings. The second kappa shape index (κ2) is 7.04. The Bertz CT molecular complexity index is 590. The highest BCUT2D eigenvalue weighted by atomic mass is 16.3. The first-order valence-electron chi connectivity index (χ1n) is 7.11. The van der Waals surface area contributed by atoms with Gasteiger partial charge in [-0.05, 0) is 49.1 Å². The van der Waals surface area contributed by atoms with Crippen LogP contribution in [0.25, 0.3) is 5.69 Å². The molecule has 0 saturated carbocycles. The Morgan fingerprint density at radius 3 is 2.67 bits per heavy atom. The molecule has 0 bridgehead atoms. The number of carbonyl (C=O) groups excluding carboxylic acids is 1. The highest BCUT2D eigenvalue weighted by Gasteiger charge is 2.08. The van der Waals surface area contributed by atoms with Gasteiger partial charge in [0.1, 0.15) is 0 Å². The van der Waals surface area contributed by atoms with Gasteiger partial charge in [0.25, 0.3) is 5.91 Å². The maximum absolute atomic E-state index is 12.0. The van der Waals surface area contributed by atoms with Crippen LogP contribution in [-0.2, 0) is 0 Å². The highest BCUT2D eigenvalue weighted by molar-refractivity contribution is 5.94. The number of benzene rings is 1. The number of amides is 1. The Morgan fingerprint density at radius 1 is 1.38 bits per heavy atom. The van der Waals surface area contributed by atoms with Crippen molar-refractivity contribution in [2.75, 3.05) is 13.2 Å². The summed E-state index contributed by atoms with van der Waals surface area (Å²) in [5, 5.41) is 15.9. The second-order valence-electron chi connectivity index (χ2n) is 5.34. The van der Waals surface area contributed by atoms with Crippen LogP contribution < -0.4 is 5.32 Å². The van der Waals surface area contributed by atoms with Crippen molar-refractivity contribution in [1.82, 2.24) is 15.1 Å². The molecule has 0 radical (unpaired) electrons. The summed E-state index contributed by atoms with van der Waals surface area (Å²) < 4.78 is 1.78. The van der Waals surface area contributed by atoms with E-state index >= 15 is 0 Å². The Balaban J connectivity index is 1.97. The minimum atomic E-state index is -0.0945. The van der Waals surface area contributed by atoms with Crippen molar-refractivity contribution in [3.63, 3.8) is 0 Å². The number of nitrogens with one attached hydrogen (secondary N) is 1. The van der Waals surface area contributed by atoms with E-state index in [2.05, 4.69) is 10.4 Å². The third-order valence-corrected chi connectivity index (χ3v) is 3.34. The van der Waals surface area contributed by atoms with Crippen molar-refractivity contribution in [3.05, 3.63) is 47.8 Å². The van der Waals surface area contributed by atoms with Gasteiger partial charge in [-0.1, -0.05) is 6.92 Å². The largest absolute Gasteiger partial charge is 0.396 e. The predicted octanol–water partition coefficient (Wildman–Crippen LogP) is 1.93. The fourth-order valence-corrected chi connectivity index (χ4v) is 2.01. The van der Waals surface area contributed by atoms with E-state index < -0.39 is 0 Å². The second-order valence-corrected chi connectivity index (χ2v) is 5.34. The van der Waals surface area contributed by atoms with Gasteiger partial charge in [0.15, 0.2) is 0 Å². The zero-order valence-electron chi connectivity index (χ0n) is 12.4. The molecule has 112 valence electrons. The summed E-state index contributed by atoms with van der Waals surface area (Å²) in [7, 11) is 0. The number of rotatable bonds is 6. The number of nitrogens with zero attached hydrogens (tertiary/aromatic N) is 2. The zero-order chi connectivity index (χ0) is 15.2. The third kappa shape index (κ3) is 4.16. The minimum absolute atomic E-state index is 0.0945. The molecule has 1 aromatic heterocycles. The molecule has 0 aliphatic heterocycles. The summed E-state index contributed by atoms with van der Waals surface area (Å²) in [5.41, 5.74) is 2.64. The SMILES string of the molecule is Cc1cnn(-c2ccc(C(=O)NCC(C)CCO)cc2)c1. The fraction of sp³-hybridized carbons (Fsp3) is 0.375. The number of carbonyl (C=O) groups is 1. The maximum Gasteiger partial charge on any atom is 0.251 e. The van der Waals surface area contributed by atoms with Gasteiger partial charge in [0.2, 0.25) is 0 Å². The monoisotopic (exact) mass is 287 g/mol. The minimum Gasteiger partial charge on any atom is -0.396 e. The van der Waals surface area contributed by atoms with E-state index in [1.807, 2.05) is 32.2 Å². The molecule has 0 aliphatic rings. The number of aliphatic hydroxyl groups excluding tert-OH is 1. The Kier molecular flexibility index (Phi) is 5.11. The summed E-state index contributed by atoms with van der Waals surface area (Å²) in [4.78, 5) is 12.0. The number of aromatic nitrogens is 2. The van der Waals surface area contributed by atoms with Crippen molar-refractivity contribution in [2.45, 2.75) is 20.3 Å². The molecule has 0 saturated heterocycles. The summed E-state index contributed by atoms with van der Waals surface area (Å²) in [6, 6.07) is 7.33. The van der Waals surface area contributed by atoms with Crippen LogP contribution in [-0.4, -0.2) is 33.9 Å². The number of hydrogen-bond acceptors (Lipinski definition) is 3. The molecule has 21 heavy (non-hydrogen) atoms. The lowest BCUT2D eigenvalue weighted by Crippen LogP contribution is -2.28. The molecular weight excluding hydrogens is 266 g/mol. The molecule has 1 aromatic carbocycles. The normalized spacial score (nSPS) is 12.1. The Labute approximate surface area is 124 Å². The van der Waals surface area contributed by atoms with Gasteiger partial charge >= 0.3 is 0 Å². The van der Waals surface area contributed by atoms with E-state index in [0.29, 0.717) is 18.5 Å². The van der Waals surface area contributed by atoms with Crippen molar-refractivity contribution >= 4 is 5.91 Å². The molecule has 5 nitrogen and oxygen atoms in total. The van der Waals surface area contributed by atoms with E-state index in [1.165, 1.54) is 0 Å². The van der Waals surface area contributed by atoms with Crippen LogP contribution in [0.15, 0.2) is 36.7 Å². The van der Waals surface area contributed by atoms with Crippen molar-refractivity contribution < 1.29 is 9.90 Å². The first-order chi connectivity index (χ1) is 10.1. The van der Waals surface area contributed by atoms with E-state index in [0.717, 1.165) is 11.3 Å². The van der Waals surface area contributed by atoms with Crippen LogP contribution in [0.2, 0.25) is 0 Å². The molecular formula is C16H21N3O2. The number of hydrogen-bond donors (Lipinski definition) is 2. The lowest BCUT2D eigenvalue weighted by molar-refractivity contribution is 0.0945. The van der Waals surface area contributed by atoms with Gasteiger partial charge in [0, 0.05) is 24.9 Å². The van der Waals surface area contributed by atoms with E-state index in [9.17, 15) is 4.79 Å². The van der Waals surface area contributed by atoms with Crippen molar-refractivity contribution in [3.8, 4) is 5.69 Å². The lowest BCUT2D eigenvalue weighted by atomic mass is 10.1. The van der Waals surface area contributed by atoms with Gasteiger partial charge in [-0.25, -0.2) is 4.68 Å². The van der Waals surface area contributed by atoms with Gasteiger partial charge in [0.05, 0.1) is 11.9 Å². The standard InChI is InChI=1S/C16H21N3O2/c1-12(7-8-20)9-17-16(21)14-3-5-15(6-4-14)19-11-13(2)10-18-19/h3-6,10-12,20H,7-9H2,1-2H3,(H,17,21). The molecule has 1 heterocycles. The molecule has 0 fully saturated rings. The molecule has 0 spiro atoms. The molecule has 2 N–H and O–H groups in total. The summed E-state index contributed by atoms with van der Waals surface area (Å²) in [6.45, 7) is 4.70. The molecule has 2 rings (SSSR count). The third-order valence-electron chi connectivity index (χ3n) is 3.34. The van der Waals surface area contributed by atoms with E-state index in [1.54, 1.807) is 23.0 Å². The topological polar surface area (TPSA) is 67.2 Å². The van der Waals surface area contributed by atoms with Crippen molar-refractivity contribution in [1.29, 1.82) is 0 Å². The van der Waals surface area contributed by atoms with Gasteiger partial charge in [-0.3, -0.25) is 4.79 Å². The maximum atomic E-state index is 12.0. The lowest BCUT2D eigenvalue weighted by Gasteiger charge is -2.11. The van der Waals surface area contributed by atoms with Gasteiger partial charge in [-0.2, -0.15) is 5.10 Å². The number of aliphatic hydroxyl groups is 1. The molecule has 1 unspecified atom stereocenters. The van der Waals surface area contributed by atoms with Crippen LogP contribution in [0.3, 0.4) is 0 Å². The van der Waals surface area contributed by atoms with Gasteiger partial charge < -0.3 is 10.4 Å². The molecule has 0 aliphatic carbocycles. The summed E-state index contributed by atoms with van der Waals surface area (Å²) >= 11 is 0. The smallest absolute Gasteiger partial charge is 0.251 e. The first kappa shape index (κ1) is 15.3. The predicted molar refractivity (Wildman–Crippen MR) is 81.5 cm³/mol. The number of aryl methyl sites for hydroxylation is 1. The Hall–Kier alpha value is -2.14. The Morgan fingerprint density at radius 2 is 2.10 bits per heavy atom. The first-order valence-corrected chi connectivity index (χ1v) is 7.11. The highest BCUT2D eigenvalue weighted by Crippen LogP contribution is 2.10. The van der Waals surface area contributed by atoms with Gasteiger partial charge in [-0.15, -0.1) is 0 Å². The molecule has 1 atom stereocenters. The fourth-order valence-electron chi connectivity index (χ4n) is 2.01. The molecule has 5 heteroatoms. The van der Waals surface area contributed by atoms with Crippen molar-refractivity contribution in [2.24, 2.45) is 5.92 Å². The van der Waals surface area contributed by atoms with Crippen LogP contribution >= 0.6 is 0 Å². The quantitative estimate of drug-likeness (QED) is 0.853. The average molecular weight is 287 g/mol. The summed E-state index contributed by atoms with van der Waals surface area (Å²) in [6.07, 6.45) is 4.42. The van der Waals surface area contributed by atoms with Crippen LogP contribution in [0.4, 0.5) is 0 Å². The van der Waals surface area contributed by atoms with Crippen LogP contribution in [0.5, 0.6) is 0 Å². The van der Waals surface area contributed by atoms with E-state index in [-0.39, 0.29) is 18.4 Å². The zero-order valence-corrected chi connectivity index (χ0v) is 12.4. The van der Waals surface area contributed by atoms with E-state index in [4.69, 9.17) is 5.11 Å². The molecule has 1 amide bonds. The van der Waals surface area contributed by atoms with Crippen LogP contribution in [0, 0.1) is 12.8 Å². The van der Waals surface area contributed by atoms with Crippen LogP contribution in [0.1, 0.15) is 29.3 Å².